The maximum Gasteiger partial charge on any atom is 0.312 e. The maximum absolute atomic E-state index is 13.0. The molecule has 10 heteroatoms. The number of pyridine rings is 1. The highest BCUT2D eigenvalue weighted by Gasteiger charge is 2.33. The molecule has 2 aromatic heterocycles. The van der Waals surface area contributed by atoms with E-state index in [2.05, 4.69) is 10.3 Å². The molecule has 0 fully saturated rings. The molecule has 0 aliphatic rings. The molecule has 0 radical (unpaired) electrons. The number of aliphatic hydroxyl groups is 1. The van der Waals surface area contributed by atoms with E-state index in [1.807, 2.05) is 0 Å². The van der Waals surface area contributed by atoms with Crippen molar-refractivity contribution in [2.24, 2.45) is 0 Å². The number of aromatic nitrogens is 1. The number of nitrogens with one attached hydrogen (secondary N) is 1. The van der Waals surface area contributed by atoms with Crippen molar-refractivity contribution in [2.75, 3.05) is 5.32 Å². The Morgan fingerprint density at radius 1 is 1.03 bits per heavy atom. The van der Waals surface area contributed by atoms with Crippen LogP contribution in [0.4, 0.5) is 5.69 Å². The Morgan fingerprint density at radius 2 is 1.69 bits per heavy atom. The number of aliphatic carboxylic acids is 1. The number of rotatable bonds is 7. The lowest BCUT2D eigenvalue weighted by atomic mass is 9.97. The van der Waals surface area contributed by atoms with Crippen LogP contribution in [0.2, 0.25) is 10.0 Å². The third-order valence-corrected chi connectivity index (χ3v) is 5.89. The lowest BCUT2D eigenvalue weighted by Crippen LogP contribution is -2.31. The summed E-state index contributed by atoms with van der Waals surface area (Å²) in [5, 5.41) is 23.0. The van der Waals surface area contributed by atoms with Crippen molar-refractivity contribution in [3.8, 4) is 22.4 Å². The highest BCUT2D eigenvalue weighted by atomic mass is 35.5. The molecule has 0 unspecified atom stereocenters. The van der Waals surface area contributed by atoms with Crippen LogP contribution in [0, 0.1) is 0 Å². The highest BCUT2D eigenvalue weighted by molar-refractivity contribution is 6.33. The second-order valence-corrected chi connectivity index (χ2v) is 9.38. The zero-order chi connectivity index (χ0) is 26.2. The average molecular weight is 527 g/mol. The molecule has 4 rings (SSSR count). The summed E-state index contributed by atoms with van der Waals surface area (Å²) in [6.07, 6.45) is -0.835. The van der Waals surface area contributed by atoms with Crippen LogP contribution in [0.15, 0.2) is 59.0 Å². The first-order valence-corrected chi connectivity index (χ1v) is 11.5. The molecule has 0 atom stereocenters. The number of carboxylic acid groups (broad SMARTS) is 1. The number of halogens is 2. The van der Waals surface area contributed by atoms with Gasteiger partial charge in [0.2, 0.25) is 17.4 Å². The van der Waals surface area contributed by atoms with Gasteiger partial charge >= 0.3 is 5.97 Å². The number of hydrogen-bond acceptors (Lipinski definition) is 6. The molecule has 3 N–H and O–H groups in total. The number of fused-ring (bicyclic) bond motifs is 1. The molecule has 0 saturated carbocycles. The second kappa shape index (κ2) is 9.73. The van der Waals surface area contributed by atoms with E-state index < -0.39 is 29.7 Å². The summed E-state index contributed by atoms with van der Waals surface area (Å²) in [7, 11) is 0. The molecule has 1 amide bonds. The number of Topliss-reactive ketones (excluding diaryl/α,β-unsaturated/α-hetero) is 1. The normalized spacial score (nSPS) is 11.5. The zero-order valence-electron chi connectivity index (χ0n) is 19.1. The molecule has 36 heavy (non-hydrogen) atoms. The smallest absolute Gasteiger partial charge is 0.312 e. The molecule has 0 aliphatic heterocycles. The summed E-state index contributed by atoms with van der Waals surface area (Å²) in [6, 6.07) is 15.7. The third-order valence-electron chi connectivity index (χ3n) is 5.30. The average Bonchev–Trinajstić information content (AvgIpc) is 3.14. The van der Waals surface area contributed by atoms with Gasteiger partial charge in [0.25, 0.3) is 0 Å². The number of benzene rings is 2. The molecule has 0 saturated heterocycles. The highest BCUT2D eigenvalue weighted by Crippen LogP contribution is 2.41. The number of carbonyl (C=O) groups excluding carboxylic acids is 2. The van der Waals surface area contributed by atoms with E-state index >= 15 is 0 Å². The number of anilines is 1. The molecule has 0 aliphatic carbocycles. The van der Waals surface area contributed by atoms with E-state index in [9.17, 15) is 19.5 Å². The van der Waals surface area contributed by atoms with E-state index in [1.54, 1.807) is 54.6 Å². The predicted octanol–water partition coefficient (Wildman–Crippen LogP) is 5.84. The van der Waals surface area contributed by atoms with E-state index in [1.165, 1.54) is 13.8 Å². The van der Waals surface area contributed by atoms with Gasteiger partial charge in [0, 0.05) is 21.2 Å². The summed E-state index contributed by atoms with van der Waals surface area (Å²) in [4.78, 5) is 41.0. The first-order chi connectivity index (χ1) is 17.0. The number of ketones is 1. The fourth-order valence-corrected chi connectivity index (χ4v) is 3.97. The SMILES string of the molecule is CC(C)(O)C(=O)c1oc2nc(-c3ccccc3Cl)c(-c3ccc(Cl)cc3)cc2c1NC(=O)CC(=O)O. The molecule has 2 aromatic carbocycles. The molecule has 0 bridgehead atoms. The van der Waals surface area contributed by atoms with Crippen LogP contribution in [-0.4, -0.2) is 38.5 Å². The molecular weight excluding hydrogens is 507 g/mol. The number of nitrogens with zero attached hydrogens (tertiary/aromatic N) is 1. The summed E-state index contributed by atoms with van der Waals surface area (Å²) < 4.78 is 5.76. The third kappa shape index (κ3) is 5.11. The van der Waals surface area contributed by atoms with Crippen LogP contribution in [0.3, 0.4) is 0 Å². The van der Waals surface area contributed by atoms with Gasteiger partial charge < -0.3 is 19.9 Å². The number of hydrogen-bond donors (Lipinski definition) is 3. The van der Waals surface area contributed by atoms with Crippen LogP contribution in [0.25, 0.3) is 33.5 Å². The van der Waals surface area contributed by atoms with Gasteiger partial charge in [-0.3, -0.25) is 14.4 Å². The van der Waals surface area contributed by atoms with Crippen molar-refractivity contribution in [3.05, 3.63) is 70.4 Å². The topological polar surface area (TPSA) is 130 Å². The first kappa shape index (κ1) is 25.4. The summed E-state index contributed by atoms with van der Waals surface area (Å²) >= 11 is 12.5. The first-order valence-electron chi connectivity index (χ1n) is 10.7. The number of amides is 1. The quantitative estimate of drug-likeness (QED) is 0.204. The number of carboxylic acids is 1. The Morgan fingerprint density at radius 3 is 2.31 bits per heavy atom. The van der Waals surface area contributed by atoms with Crippen molar-refractivity contribution >= 4 is 57.6 Å². The minimum Gasteiger partial charge on any atom is -0.481 e. The Kier molecular flexibility index (Phi) is 6.86. The van der Waals surface area contributed by atoms with Gasteiger partial charge in [-0.2, -0.15) is 0 Å². The number of carbonyl (C=O) groups is 3. The van der Waals surface area contributed by atoms with E-state index in [0.29, 0.717) is 32.4 Å². The van der Waals surface area contributed by atoms with Gasteiger partial charge in [0.1, 0.15) is 17.7 Å². The van der Waals surface area contributed by atoms with E-state index in [4.69, 9.17) is 32.7 Å². The molecule has 4 aromatic rings. The lowest BCUT2D eigenvalue weighted by molar-refractivity contribution is -0.139. The van der Waals surface area contributed by atoms with Crippen molar-refractivity contribution in [1.29, 1.82) is 0 Å². The van der Waals surface area contributed by atoms with Crippen molar-refractivity contribution < 1.29 is 29.0 Å². The molecule has 0 spiro atoms. The number of furan rings is 1. The fourth-order valence-electron chi connectivity index (χ4n) is 3.61. The van der Waals surface area contributed by atoms with Gasteiger partial charge in [-0.15, -0.1) is 0 Å². The zero-order valence-corrected chi connectivity index (χ0v) is 20.6. The van der Waals surface area contributed by atoms with Crippen LogP contribution in [0.1, 0.15) is 30.8 Å². The Labute approximate surface area is 215 Å². The van der Waals surface area contributed by atoms with Gasteiger partial charge in [0.05, 0.1) is 11.1 Å². The van der Waals surface area contributed by atoms with Crippen LogP contribution >= 0.6 is 23.2 Å². The van der Waals surface area contributed by atoms with Crippen LogP contribution in [0.5, 0.6) is 0 Å². The fraction of sp³-hybridized carbons (Fsp3) is 0.154. The van der Waals surface area contributed by atoms with Crippen molar-refractivity contribution in [1.82, 2.24) is 4.98 Å². The van der Waals surface area contributed by atoms with E-state index in [-0.39, 0.29) is 22.5 Å². The van der Waals surface area contributed by atoms with Gasteiger partial charge in [0.15, 0.2) is 5.76 Å². The van der Waals surface area contributed by atoms with Crippen LogP contribution < -0.4 is 5.32 Å². The second-order valence-electron chi connectivity index (χ2n) is 8.54. The monoisotopic (exact) mass is 526 g/mol. The van der Waals surface area contributed by atoms with Gasteiger partial charge in [-0.1, -0.05) is 53.5 Å². The summed E-state index contributed by atoms with van der Waals surface area (Å²) in [5.41, 5.74) is 0.388. The largest absolute Gasteiger partial charge is 0.481 e. The Hall–Kier alpha value is -3.72. The van der Waals surface area contributed by atoms with Gasteiger partial charge in [-0.25, -0.2) is 4.98 Å². The molecule has 2 heterocycles. The standard InChI is InChI=1S/C26H20Cl2N2O6/c1-26(2,35)24(34)23-22(29-19(31)12-20(32)33)17-11-16(13-7-9-14(27)10-8-13)21(30-25(17)36-23)15-5-3-4-6-18(15)28/h3-11,35H,12H2,1-2H3,(H,29,31)(H,32,33). The minimum atomic E-state index is -1.84. The predicted molar refractivity (Wildman–Crippen MR) is 136 cm³/mol. The Balaban J connectivity index is 2.03. The summed E-state index contributed by atoms with van der Waals surface area (Å²) in [5.74, 6) is -3.41. The lowest BCUT2D eigenvalue weighted by Gasteiger charge is -2.14. The molecule has 8 nitrogen and oxygen atoms in total. The summed E-state index contributed by atoms with van der Waals surface area (Å²) in [6.45, 7) is 2.54. The molecule has 184 valence electrons. The molecular formula is C26H20Cl2N2O6. The Bertz CT molecular complexity index is 1500. The maximum atomic E-state index is 13.0. The van der Waals surface area contributed by atoms with E-state index in [0.717, 1.165) is 0 Å². The van der Waals surface area contributed by atoms with Gasteiger partial charge in [-0.05, 0) is 43.7 Å². The van der Waals surface area contributed by atoms with Crippen molar-refractivity contribution in [2.45, 2.75) is 25.9 Å². The van der Waals surface area contributed by atoms with Crippen LogP contribution in [-0.2, 0) is 9.59 Å². The van der Waals surface area contributed by atoms with Crippen molar-refractivity contribution in [3.63, 3.8) is 0 Å². The minimum absolute atomic E-state index is 0.0131.